The molecule has 1 saturated carbocycles. The Morgan fingerprint density at radius 2 is 1.94 bits per heavy atom. The smallest absolute Gasteiger partial charge is 0.227 e. The highest BCUT2D eigenvalue weighted by molar-refractivity contribution is 9.10. The van der Waals surface area contributed by atoms with E-state index in [1.807, 2.05) is 0 Å². The van der Waals surface area contributed by atoms with Crippen molar-refractivity contribution in [3.8, 4) is 0 Å². The monoisotopic (exact) mass is 317 g/mol. The number of morpholine rings is 1. The van der Waals surface area contributed by atoms with Crippen LogP contribution in [0.5, 0.6) is 0 Å². The number of hydrogen-bond donors (Lipinski definition) is 0. The number of rotatable bonds is 2. The fourth-order valence-corrected chi connectivity index (χ4v) is 2.63. The molecule has 0 spiro atoms. The van der Waals surface area contributed by atoms with Crippen LogP contribution in [-0.2, 0) is 4.74 Å². The highest BCUT2D eigenvalue weighted by Crippen LogP contribution is 2.44. The molecule has 1 aromatic heterocycles. The van der Waals surface area contributed by atoms with Crippen LogP contribution in [-0.4, -0.2) is 36.3 Å². The summed E-state index contributed by atoms with van der Waals surface area (Å²) in [6.45, 7) is 3.13. The van der Waals surface area contributed by atoms with Gasteiger partial charge in [0, 0.05) is 19.0 Å². The zero-order valence-electron chi connectivity index (χ0n) is 9.33. The highest BCUT2D eigenvalue weighted by Gasteiger charge is 2.30. The molecule has 0 radical (unpaired) electrons. The second-order valence-corrected chi connectivity index (χ2v) is 5.54. The molecule has 0 amide bonds. The quantitative estimate of drug-likeness (QED) is 0.786. The third-order valence-corrected chi connectivity index (χ3v) is 4.37. The van der Waals surface area contributed by atoms with E-state index in [1.165, 1.54) is 12.8 Å². The van der Waals surface area contributed by atoms with Crippen LogP contribution in [0.25, 0.3) is 0 Å². The number of anilines is 1. The normalized spacial score (nSPS) is 20.7. The van der Waals surface area contributed by atoms with Crippen molar-refractivity contribution in [3.05, 3.63) is 15.3 Å². The van der Waals surface area contributed by atoms with E-state index in [9.17, 15) is 0 Å². The molecule has 0 aromatic carbocycles. The topological polar surface area (TPSA) is 38.2 Å². The van der Waals surface area contributed by atoms with Crippen LogP contribution in [0.4, 0.5) is 5.95 Å². The molecule has 92 valence electrons. The molecule has 1 aliphatic carbocycles. The summed E-state index contributed by atoms with van der Waals surface area (Å²) in [5.41, 5.74) is 1.06. The average molecular weight is 319 g/mol. The number of hydrogen-bond acceptors (Lipinski definition) is 4. The van der Waals surface area contributed by atoms with E-state index in [1.54, 1.807) is 0 Å². The molecule has 1 aliphatic heterocycles. The molecule has 6 heteroatoms. The van der Waals surface area contributed by atoms with Crippen LogP contribution in [0.1, 0.15) is 24.5 Å². The largest absolute Gasteiger partial charge is 0.378 e. The first-order valence-electron chi connectivity index (χ1n) is 5.81. The minimum absolute atomic E-state index is 0.517. The van der Waals surface area contributed by atoms with Gasteiger partial charge in [0.1, 0.15) is 5.15 Å². The van der Waals surface area contributed by atoms with Crippen molar-refractivity contribution >= 4 is 33.5 Å². The number of halogens is 2. The van der Waals surface area contributed by atoms with Gasteiger partial charge in [-0.05, 0) is 28.8 Å². The number of nitrogens with zero attached hydrogens (tertiary/aromatic N) is 3. The lowest BCUT2D eigenvalue weighted by molar-refractivity contribution is 0.122. The molecule has 3 rings (SSSR count). The standard InChI is InChI=1S/C11H13BrClN3O/c12-8-9(7-1-2-7)14-11(15-10(8)13)16-3-5-17-6-4-16/h7H,1-6H2. The lowest BCUT2D eigenvalue weighted by Gasteiger charge is -2.27. The SMILES string of the molecule is Clc1nc(N2CCOCC2)nc(C2CC2)c1Br. The predicted octanol–water partition coefficient (Wildman–Crippen LogP) is 2.61. The second-order valence-electron chi connectivity index (χ2n) is 4.39. The minimum atomic E-state index is 0.517. The van der Waals surface area contributed by atoms with Crippen molar-refractivity contribution in [2.75, 3.05) is 31.2 Å². The molecule has 0 unspecified atom stereocenters. The van der Waals surface area contributed by atoms with Gasteiger partial charge in [0.05, 0.1) is 23.4 Å². The zero-order chi connectivity index (χ0) is 11.8. The van der Waals surface area contributed by atoms with Crippen molar-refractivity contribution in [2.45, 2.75) is 18.8 Å². The lowest BCUT2D eigenvalue weighted by Crippen LogP contribution is -2.37. The Hall–Kier alpha value is -0.390. The summed E-state index contributed by atoms with van der Waals surface area (Å²) in [6.07, 6.45) is 2.41. The Balaban J connectivity index is 1.93. The third-order valence-electron chi connectivity index (χ3n) is 3.08. The van der Waals surface area contributed by atoms with E-state index < -0.39 is 0 Å². The van der Waals surface area contributed by atoms with E-state index >= 15 is 0 Å². The molecular weight excluding hydrogens is 305 g/mol. The van der Waals surface area contributed by atoms with Gasteiger partial charge >= 0.3 is 0 Å². The van der Waals surface area contributed by atoms with Gasteiger partial charge in [-0.2, -0.15) is 4.98 Å². The number of aromatic nitrogens is 2. The van der Waals surface area contributed by atoms with Gasteiger partial charge in [0.15, 0.2) is 0 Å². The molecule has 4 nitrogen and oxygen atoms in total. The van der Waals surface area contributed by atoms with Crippen molar-refractivity contribution in [1.82, 2.24) is 9.97 Å². The number of ether oxygens (including phenoxy) is 1. The average Bonchev–Trinajstić information content (AvgIpc) is 3.18. The summed E-state index contributed by atoms with van der Waals surface area (Å²) in [4.78, 5) is 11.1. The van der Waals surface area contributed by atoms with Gasteiger partial charge in [-0.25, -0.2) is 4.98 Å². The summed E-state index contributed by atoms with van der Waals surface area (Å²) < 4.78 is 6.19. The first-order valence-corrected chi connectivity index (χ1v) is 6.98. The van der Waals surface area contributed by atoms with E-state index in [0.717, 1.165) is 42.4 Å². The fraction of sp³-hybridized carbons (Fsp3) is 0.636. The van der Waals surface area contributed by atoms with E-state index in [-0.39, 0.29) is 0 Å². The zero-order valence-corrected chi connectivity index (χ0v) is 11.7. The molecule has 2 heterocycles. The van der Waals surface area contributed by atoms with Gasteiger partial charge < -0.3 is 9.64 Å². The van der Waals surface area contributed by atoms with E-state index in [4.69, 9.17) is 16.3 Å². The first-order chi connectivity index (χ1) is 8.25. The predicted molar refractivity (Wildman–Crippen MR) is 69.7 cm³/mol. The van der Waals surface area contributed by atoms with Crippen LogP contribution in [0.3, 0.4) is 0 Å². The van der Waals surface area contributed by atoms with Gasteiger partial charge in [-0.3, -0.25) is 0 Å². The molecule has 0 bridgehead atoms. The summed E-state index contributed by atoms with van der Waals surface area (Å²) in [5, 5.41) is 0.517. The highest BCUT2D eigenvalue weighted by atomic mass is 79.9. The molecule has 17 heavy (non-hydrogen) atoms. The summed E-state index contributed by atoms with van der Waals surface area (Å²) in [7, 11) is 0. The molecule has 0 atom stereocenters. The van der Waals surface area contributed by atoms with Crippen LogP contribution in [0.15, 0.2) is 4.47 Å². The van der Waals surface area contributed by atoms with Crippen molar-refractivity contribution in [2.24, 2.45) is 0 Å². The Morgan fingerprint density at radius 1 is 1.24 bits per heavy atom. The fourth-order valence-electron chi connectivity index (χ4n) is 1.96. The van der Waals surface area contributed by atoms with E-state index in [2.05, 4.69) is 30.8 Å². The summed E-state index contributed by atoms with van der Waals surface area (Å²) in [6, 6.07) is 0. The lowest BCUT2D eigenvalue weighted by atomic mass is 10.3. The minimum Gasteiger partial charge on any atom is -0.378 e. The van der Waals surface area contributed by atoms with E-state index in [0.29, 0.717) is 11.1 Å². The molecular formula is C11H13BrClN3O. The maximum Gasteiger partial charge on any atom is 0.227 e. The Kier molecular flexibility index (Phi) is 3.23. The van der Waals surface area contributed by atoms with Gasteiger partial charge in [-0.1, -0.05) is 11.6 Å². The van der Waals surface area contributed by atoms with Crippen LogP contribution in [0.2, 0.25) is 5.15 Å². The maximum atomic E-state index is 6.15. The van der Waals surface area contributed by atoms with Crippen LogP contribution in [0, 0.1) is 0 Å². The summed E-state index contributed by atoms with van der Waals surface area (Å²) >= 11 is 9.63. The Labute approximate surface area is 113 Å². The van der Waals surface area contributed by atoms with Crippen molar-refractivity contribution in [3.63, 3.8) is 0 Å². The summed E-state index contributed by atoms with van der Waals surface area (Å²) in [5.74, 6) is 1.30. The second kappa shape index (κ2) is 4.71. The van der Waals surface area contributed by atoms with Crippen LogP contribution < -0.4 is 4.90 Å². The van der Waals surface area contributed by atoms with Gasteiger partial charge in [-0.15, -0.1) is 0 Å². The molecule has 1 aromatic rings. The maximum absolute atomic E-state index is 6.15. The third kappa shape index (κ3) is 2.41. The molecule has 0 N–H and O–H groups in total. The Bertz CT molecular complexity index is 433. The Morgan fingerprint density at radius 3 is 2.59 bits per heavy atom. The molecule has 2 aliphatic rings. The molecule has 2 fully saturated rings. The molecule has 1 saturated heterocycles. The van der Waals surface area contributed by atoms with Crippen molar-refractivity contribution in [1.29, 1.82) is 0 Å². The van der Waals surface area contributed by atoms with Gasteiger partial charge in [0.25, 0.3) is 0 Å². The van der Waals surface area contributed by atoms with Crippen molar-refractivity contribution < 1.29 is 4.74 Å². The first kappa shape index (κ1) is 11.7. The van der Waals surface area contributed by atoms with Gasteiger partial charge in [0.2, 0.25) is 5.95 Å². The van der Waals surface area contributed by atoms with Crippen LogP contribution >= 0.6 is 27.5 Å².